The molecule has 0 unspecified atom stereocenters. The molecule has 0 aliphatic rings. The van der Waals surface area contributed by atoms with Gasteiger partial charge in [0.1, 0.15) is 5.58 Å². The molecular formula is C16H22N2O5S. The summed E-state index contributed by atoms with van der Waals surface area (Å²) in [6.07, 6.45) is 0. The number of aryl methyl sites for hydroxylation is 1. The molecule has 24 heavy (non-hydrogen) atoms. The first-order valence-corrected chi connectivity index (χ1v) is 9.04. The van der Waals surface area contributed by atoms with Gasteiger partial charge < -0.3 is 14.9 Å². The summed E-state index contributed by atoms with van der Waals surface area (Å²) in [5.41, 5.74) is 5.77. The molecule has 8 heteroatoms. The van der Waals surface area contributed by atoms with E-state index in [0.29, 0.717) is 16.5 Å². The normalized spacial score (nSPS) is 12.5. The number of ether oxygens (including phenoxy) is 1. The number of furan rings is 1. The molecule has 0 aliphatic heterocycles. The van der Waals surface area contributed by atoms with Gasteiger partial charge in [-0.1, -0.05) is 0 Å². The average Bonchev–Trinajstić information content (AvgIpc) is 2.83. The molecule has 1 heterocycles. The van der Waals surface area contributed by atoms with Gasteiger partial charge in [0.25, 0.3) is 0 Å². The topological polar surface area (TPSA) is 112 Å². The van der Waals surface area contributed by atoms with Crippen molar-refractivity contribution in [3.63, 3.8) is 0 Å². The van der Waals surface area contributed by atoms with Gasteiger partial charge in [0.05, 0.1) is 11.5 Å². The maximum Gasteiger partial charge on any atom is 0.374 e. The van der Waals surface area contributed by atoms with Crippen LogP contribution in [0.1, 0.15) is 36.9 Å². The molecule has 1 aromatic carbocycles. The minimum Gasteiger partial charge on any atom is -0.460 e. The van der Waals surface area contributed by atoms with E-state index in [9.17, 15) is 13.2 Å². The van der Waals surface area contributed by atoms with Crippen molar-refractivity contribution >= 4 is 27.0 Å². The van der Waals surface area contributed by atoms with Crippen molar-refractivity contribution in [3.8, 4) is 0 Å². The molecule has 0 fully saturated rings. The Labute approximate surface area is 141 Å². The first-order chi connectivity index (χ1) is 11.1. The molecule has 2 rings (SSSR count). The lowest BCUT2D eigenvalue weighted by Crippen LogP contribution is -2.48. The van der Waals surface area contributed by atoms with Crippen LogP contribution in [0.5, 0.6) is 0 Å². The fourth-order valence-electron chi connectivity index (χ4n) is 2.22. The fourth-order valence-corrected chi connectivity index (χ4v) is 3.67. The summed E-state index contributed by atoms with van der Waals surface area (Å²) in [4.78, 5) is 12.0. The summed E-state index contributed by atoms with van der Waals surface area (Å²) in [6.45, 7) is 7.17. The third-order valence-corrected chi connectivity index (χ3v) is 5.30. The molecule has 1 aromatic heterocycles. The van der Waals surface area contributed by atoms with Gasteiger partial charge in [-0.2, -0.15) is 0 Å². The number of fused-ring (bicyclic) bond motifs is 1. The van der Waals surface area contributed by atoms with Gasteiger partial charge in [-0.25, -0.2) is 17.9 Å². The van der Waals surface area contributed by atoms with Crippen LogP contribution in [0.15, 0.2) is 27.5 Å². The summed E-state index contributed by atoms with van der Waals surface area (Å²) in [7, 11) is -3.75. The largest absolute Gasteiger partial charge is 0.460 e. The predicted octanol–water partition coefficient (Wildman–Crippen LogP) is 1.93. The Balaban J connectivity index is 2.48. The van der Waals surface area contributed by atoms with E-state index in [4.69, 9.17) is 14.9 Å². The zero-order chi connectivity index (χ0) is 18.1. The number of nitrogens with one attached hydrogen (secondary N) is 1. The van der Waals surface area contributed by atoms with Crippen molar-refractivity contribution in [2.75, 3.05) is 13.2 Å². The number of carbonyl (C=O) groups is 1. The lowest BCUT2D eigenvalue weighted by Gasteiger charge is -2.23. The summed E-state index contributed by atoms with van der Waals surface area (Å²) in [5, 5.41) is 0.548. The molecule has 0 aliphatic carbocycles. The number of sulfonamides is 1. The zero-order valence-electron chi connectivity index (χ0n) is 14.2. The van der Waals surface area contributed by atoms with Crippen LogP contribution < -0.4 is 10.5 Å². The van der Waals surface area contributed by atoms with Gasteiger partial charge in [-0.3, -0.25) is 0 Å². The van der Waals surface area contributed by atoms with E-state index in [1.54, 1.807) is 27.7 Å². The lowest BCUT2D eigenvalue weighted by molar-refractivity contribution is 0.0491. The SMILES string of the molecule is CCOC(=O)c1oc2ccc(S(=O)(=O)NC(C)(C)CN)cc2c1C. The van der Waals surface area contributed by atoms with Crippen molar-refractivity contribution in [1.82, 2.24) is 4.72 Å². The van der Waals surface area contributed by atoms with Crippen molar-refractivity contribution in [3.05, 3.63) is 29.5 Å². The molecule has 0 atom stereocenters. The van der Waals surface area contributed by atoms with Crippen molar-refractivity contribution in [2.24, 2.45) is 5.73 Å². The second-order valence-corrected chi connectivity index (χ2v) is 7.81. The van der Waals surface area contributed by atoms with Crippen LogP contribution in [0.2, 0.25) is 0 Å². The van der Waals surface area contributed by atoms with Crippen LogP contribution in [-0.4, -0.2) is 33.1 Å². The Kier molecular flexibility index (Phi) is 5.03. The van der Waals surface area contributed by atoms with Crippen molar-refractivity contribution in [1.29, 1.82) is 0 Å². The van der Waals surface area contributed by atoms with Gasteiger partial charge in [0, 0.05) is 23.0 Å². The number of esters is 1. The van der Waals surface area contributed by atoms with Gasteiger partial charge in [-0.15, -0.1) is 0 Å². The third kappa shape index (κ3) is 3.61. The molecule has 2 aromatic rings. The van der Waals surface area contributed by atoms with Crippen LogP contribution in [0.25, 0.3) is 11.0 Å². The van der Waals surface area contributed by atoms with E-state index in [1.165, 1.54) is 18.2 Å². The maximum atomic E-state index is 12.5. The van der Waals surface area contributed by atoms with Crippen LogP contribution in [0.4, 0.5) is 0 Å². The Morgan fingerprint density at radius 3 is 2.62 bits per heavy atom. The highest BCUT2D eigenvalue weighted by molar-refractivity contribution is 7.89. The molecule has 0 radical (unpaired) electrons. The number of rotatable bonds is 6. The maximum absolute atomic E-state index is 12.5. The Morgan fingerprint density at radius 2 is 2.04 bits per heavy atom. The minimum atomic E-state index is -3.75. The summed E-state index contributed by atoms with van der Waals surface area (Å²) < 4.78 is 38.0. The standard InChI is InChI=1S/C16H22N2O5S/c1-5-22-15(19)14-10(2)12-8-11(6-7-13(12)23-14)24(20,21)18-16(3,4)9-17/h6-8,18H,5,9,17H2,1-4H3. The molecule has 0 saturated heterocycles. The van der Waals surface area contributed by atoms with E-state index >= 15 is 0 Å². The molecule has 7 nitrogen and oxygen atoms in total. The smallest absolute Gasteiger partial charge is 0.374 e. The first-order valence-electron chi connectivity index (χ1n) is 7.55. The predicted molar refractivity (Wildman–Crippen MR) is 90.4 cm³/mol. The van der Waals surface area contributed by atoms with Gasteiger partial charge in [0.2, 0.25) is 15.8 Å². The number of hydrogen-bond donors (Lipinski definition) is 2. The van der Waals surface area contributed by atoms with Crippen molar-refractivity contribution < 1.29 is 22.4 Å². The van der Waals surface area contributed by atoms with E-state index in [1.807, 2.05) is 0 Å². The lowest BCUT2D eigenvalue weighted by atomic mass is 10.1. The highest BCUT2D eigenvalue weighted by Gasteiger charge is 2.26. The monoisotopic (exact) mass is 354 g/mol. The van der Waals surface area contributed by atoms with Crippen LogP contribution >= 0.6 is 0 Å². The van der Waals surface area contributed by atoms with E-state index < -0.39 is 21.5 Å². The molecule has 0 spiro atoms. The third-order valence-electron chi connectivity index (χ3n) is 3.60. The highest BCUT2D eigenvalue weighted by Crippen LogP contribution is 2.28. The van der Waals surface area contributed by atoms with Crippen LogP contribution in [0.3, 0.4) is 0 Å². The number of hydrogen-bond acceptors (Lipinski definition) is 6. The summed E-state index contributed by atoms with van der Waals surface area (Å²) in [5.74, 6) is -0.491. The molecule has 0 saturated carbocycles. The molecule has 132 valence electrons. The average molecular weight is 354 g/mol. The Hall–Kier alpha value is -1.90. The van der Waals surface area contributed by atoms with Crippen molar-refractivity contribution in [2.45, 2.75) is 38.1 Å². The molecular weight excluding hydrogens is 332 g/mol. The van der Waals surface area contributed by atoms with E-state index in [2.05, 4.69) is 4.72 Å². The van der Waals surface area contributed by atoms with Gasteiger partial charge in [-0.05, 0) is 45.9 Å². The number of nitrogens with two attached hydrogens (primary N) is 1. The van der Waals surface area contributed by atoms with E-state index in [0.717, 1.165) is 0 Å². The Bertz CT molecular complexity index is 868. The molecule has 3 N–H and O–H groups in total. The Morgan fingerprint density at radius 1 is 1.38 bits per heavy atom. The van der Waals surface area contributed by atoms with Crippen LogP contribution in [-0.2, 0) is 14.8 Å². The number of benzene rings is 1. The summed E-state index contributed by atoms with van der Waals surface area (Å²) >= 11 is 0. The molecule has 0 bridgehead atoms. The fraction of sp³-hybridized carbons (Fsp3) is 0.438. The number of carbonyl (C=O) groups excluding carboxylic acids is 1. The van der Waals surface area contributed by atoms with Gasteiger partial charge in [0.15, 0.2) is 0 Å². The highest BCUT2D eigenvalue weighted by atomic mass is 32.2. The van der Waals surface area contributed by atoms with Crippen LogP contribution in [0, 0.1) is 6.92 Å². The summed E-state index contributed by atoms with van der Waals surface area (Å²) in [6, 6.07) is 4.43. The second-order valence-electron chi connectivity index (χ2n) is 6.13. The van der Waals surface area contributed by atoms with Gasteiger partial charge >= 0.3 is 5.97 Å². The molecule has 0 amide bonds. The minimum absolute atomic E-state index is 0.0795. The van der Waals surface area contributed by atoms with E-state index in [-0.39, 0.29) is 23.8 Å². The quantitative estimate of drug-likeness (QED) is 0.767. The first kappa shape index (κ1) is 18.4. The zero-order valence-corrected chi connectivity index (χ0v) is 15.0. The second kappa shape index (κ2) is 6.54.